The van der Waals surface area contributed by atoms with E-state index in [9.17, 15) is 5.11 Å². The Morgan fingerprint density at radius 3 is 2.38 bits per heavy atom. The molecular weight excluding hydrogens is 378 g/mol. The van der Waals surface area contributed by atoms with Gasteiger partial charge in [0.2, 0.25) is 0 Å². The molecule has 0 spiro atoms. The van der Waals surface area contributed by atoms with Gasteiger partial charge >= 0.3 is 0 Å². The van der Waals surface area contributed by atoms with E-state index in [-0.39, 0.29) is 0 Å². The molecule has 1 atom stereocenters. The van der Waals surface area contributed by atoms with Gasteiger partial charge in [-0.3, -0.25) is 4.90 Å². The predicted octanol–water partition coefficient (Wildman–Crippen LogP) is 5.27. The highest BCUT2D eigenvalue weighted by Gasteiger charge is 2.53. The zero-order chi connectivity index (χ0) is 19.8. The molecule has 1 aromatic heterocycles. The van der Waals surface area contributed by atoms with Crippen LogP contribution in [0.25, 0.3) is 0 Å². The number of β-amino-alcohol motifs (C(OH)–C–C–N with tert-alkyl or cyclic N) is 1. The second-order valence-electron chi connectivity index (χ2n) is 9.83. The molecule has 0 radical (unpaired) electrons. The molecule has 0 aliphatic heterocycles. The van der Waals surface area contributed by atoms with Crippen LogP contribution in [0.2, 0.25) is 0 Å². The fourth-order valence-corrected chi connectivity index (χ4v) is 7.40. The van der Waals surface area contributed by atoms with Gasteiger partial charge < -0.3 is 9.84 Å². The van der Waals surface area contributed by atoms with Gasteiger partial charge in [0.25, 0.3) is 0 Å². The van der Waals surface area contributed by atoms with Gasteiger partial charge in [-0.25, -0.2) is 0 Å². The molecule has 2 aromatic rings. The van der Waals surface area contributed by atoms with Gasteiger partial charge in [0.1, 0.15) is 18.5 Å². The van der Waals surface area contributed by atoms with E-state index < -0.39 is 6.10 Å². The fourth-order valence-electron chi connectivity index (χ4n) is 6.68. The fraction of sp³-hybridized carbons (Fsp3) is 0.600. The van der Waals surface area contributed by atoms with E-state index in [1.165, 1.54) is 43.4 Å². The first-order chi connectivity index (χ1) is 14.1. The summed E-state index contributed by atoms with van der Waals surface area (Å²) in [5.74, 6) is 3.61. The number of rotatable bonds is 8. The third-order valence-electron chi connectivity index (χ3n) is 7.56. The van der Waals surface area contributed by atoms with Crippen LogP contribution in [-0.2, 0) is 6.54 Å². The maximum atomic E-state index is 10.9. The molecule has 4 aliphatic rings. The lowest BCUT2D eigenvalue weighted by molar-refractivity contribution is -0.105. The molecule has 29 heavy (non-hydrogen) atoms. The lowest BCUT2D eigenvalue weighted by Gasteiger charge is -2.61. The number of aryl methyl sites for hydroxylation is 1. The molecule has 1 N–H and O–H groups in total. The van der Waals surface area contributed by atoms with E-state index in [1.54, 1.807) is 0 Å². The van der Waals surface area contributed by atoms with Gasteiger partial charge in [-0.2, -0.15) is 0 Å². The van der Waals surface area contributed by atoms with E-state index in [4.69, 9.17) is 4.74 Å². The smallest absolute Gasteiger partial charge is 0.122 e. The third kappa shape index (κ3) is 4.12. The van der Waals surface area contributed by atoms with Crippen molar-refractivity contribution >= 4 is 11.3 Å². The van der Waals surface area contributed by atoms with Crippen LogP contribution in [0.1, 0.15) is 49.0 Å². The van der Waals surface area contributed by atoms with Crippen LogP contribution in [0.3, 0.4) is 0 Å². The number of ether oxygens (including phenoxy) is 1. The van der Waals surface area contributed by atoms with E-state index in [0.717, 1.165) is 35.6 Å². The normalized spacial score (nSPS) is 31.3. The largest absolute Gasteiger partial charge is 0.491 e. The number of benzene rings is 1. The molecule has 3 nitrogen and oxygen atoms in total. The minimum atomic E-state index is -0.470. The summed E-state index contributed by atoms with van der Waals surface area (Å²) in [6, 6.07) is 12.5. The molecule has 0 saturated heterocycles. The minimum absolute atomic E-state index is 0.294. The van der Waals surface area contributed by atoms with Crippen molar-refractivity contribution in [1.82, 2.24) is 4.90 Å². The zero-order valence-corrected chi connectivity index (χ0v) is 18.2. The average Bonchev–Trinajstić information content (AvgIpc) is 3.19. The maximum Gasteiger partial charge on any atom is 0.122 e. The topological polar surface area (TPSA) is 32.7 Å². The minimum Gasteiger partial charge on any atom is -0.491 e. The van der Waals surface area contributed by atoms with Crippen molar-refractivity contribution < 1.29 is 9.84 Å². The van der Waals surface area contributed by atoms with Crippen molar-refractivity contribution in [1.29, 1.82) is 0 Å². The number of hydrogen-bond donors (Lipinski definition) is 1. The van der Waals surface area contributed by atoms with E-state index in [1.807, 2.05) is 29.5 Å². The van der Waals surface area contributed by atoms with E-state index in [0.29, 0.717) is 18.7 Å². The number of thiophene rings is 1. The van der Waals surface area contributed by atoms with Crippen molar-refractivity contribution in [3.63, 3.8) is 0 Å². The van der Waals surface area contributed by atoms with Crippen LogP contribution >= 0.6 is 11.3 Å². The standard InChI is InChI=1S/C25H33NO2S/c1-18-5-2-3-7-24(18)28-17-22(27)15-26(16-23-6-4-8-29-23)25-12-19-9-20(13-25)11-21(10-19)14-25/h2-8,19-22,27H,9-17H2,1H3. The summed E-state index contributed by atoms with van der Waals surface area (Å²) in [4.78, 5) is 4.06. The molecular formula is C25H33NO2S. The van der Waals surface area contributed by atoms with Gasteiger partial charge in [-0.1, -0.05) is 24.3 Å². The SMILES string of the molecule is Cc1ccccc1OCC(O)CN(Cc1cccs1)C12CC3CC(CC(C3)C1)C2. The number of aliphatic hydroxyl groups is 1. The number of para-hydroxylation sites is 1. The highest BCUT2D eigenvalue weighted by atomic mass is 32.1. The summed E-state index contributed by atoms with van der Waals surface area (Å²) in [6.45, 7) is 4.08. The van der Waals surface area contributed by atoms with Crippen molar-refractivity contribution in [2.45, 2.75) is 63.6 Å². The lowest BCUT2D eigenvalue weighted by Crippen LogP contribution is -2.61. The average molecular weight is 412 g/mol. The molecule has 4 fully saturated rings. The third-order valence-corrected chi connectivity index (χ3v) is 8.42. The highest BCUT2D eigenvalue weighted by molar-refractivity contribution is 7.09. The summed E-state index contributed by atoms with van der Waals surface area (Å²) < 4.78 is 5.98. The van der Waals surface area contributed by atoms with Gasteiger partial charge in [-0.05, 0) is 86.3 Å². The van der Waals surface area contributed by atoms with Crippen LogP contribution in [-0.4, -0.2) is 34.8 Å². The Labute approximate surface area is 178 Å². The molecule has 4 saturated carbocycles. The Morgan fingerprint density at radius 1 is 1.07 bits per heavy atom. The van der Waals surface area contributed by atoms with E-state index >= 15 is 0 Å². The second kappa shape index (κ2) is 8.05. The first kappa shape index (κ1) is 19.6. The molecule has 1 unspecified atom stereocenters. The molecule has 4 bridgehead atoms. The Bertz CT molecular complexity index is 783. The molecule has 4 aliphatic carbocycles. The predicted molar refractivity (Wildman–Crippen MR) is 118 cm³/mol. The van der Waals surface area contributed by atoms with Crippen LogP contribution in [0.5, 0.6) is 5.75 Å². The zero-order valence-electron chi connectivity index (χ0n) is 17.4. The first-order valence-electron chi connectivity index (χ1n) is 11.2. The molecule has 4 heteroatoms. The number of nitrogens with zero attached hydrogens (tertiary/aromatic N) is 1. The first-order valence-corrected chi connectivity index (χ1v) is 12.1. The summed E-state index contributed by atoms with van der Waals surface area (Å²) in [5, 5.41) is 13.1. The molecule has 0 amide bonds. The second-order valence-corrected chi connectivity index (χ2v) is 10.9. The van der Waals surface area contributed by atoms with Gasteiger partial charge in [0.05, 0.1) is 0 Å². The van der Waals surface area contributed by atoms with Gasteiger partial charge in [0, 0.05) is 23.5 Å². The highest BCUT2D eigenvalue weighted by Crippen LogP contribution is 2.58. The molecule has 1 heterocycles. The molecule has 156 valence electrons. The number of hydrogen-bond acceptors (Lipinski definition) is 4. The summed E-state index contributed by atoms with van der Waals surface area (Å²) in [7, 11) is 0. The van der Waals surface area contributed by atoms with E-state index in [2.05, 4.69) is 35.4 Å². The molecule has 6 rings (SSSR count). The van der Waals surface area contributed by atoms with Gasteiger partial charge in [0.15, 0.2) is 0 Å². The summed E-state index contributed by atoms with van der Waals surface area (Å²) in [5.41, 5.74) is 1.42. The maximum absolute atomic E-state index is 10.9. The quantitative estimate of drug-likeness (QED) is 0.642. The summed E-state index contributed by atoms with van der Waals surface area (Å²) in [6.07, 6.45) is 7.87. The lowest BCUT2D eigenvalue weighted by atomic mass is 9.52. The van der Waals surface area contributed by atoms with Crippen LogP contribution in [0.15, 0.2) is 41.8 Å². The Morgan fingerprint density at radius 2 is 1.76 bits per heavy atom. The Hall–Kier alpha value is -1.36. The molecule has 1 aromatic carbocycles. The van der Waals surface area contributed by atoms with Crippen molar-refractivity contribution in [2.24, 2.45) is 17.8 Å². The Kier molecular flexibility index (Phi) is 5.44. The van der Waals surface area contributed by atoms with Crippen LogP contribution in [0.4, 0.5) is 0 Å². The van der Waals surface area contributed by atoms with Crippen molar-refractivity contribution in [3.05, 3.63) is 52.2 Å². The van der Waals surface area contributed by atoms with Gasteiger partial charge in [-0.15, -0.1) is 11.3 Å². The van der Waals surface area contributed by atoms with Crippen molar-refractivity contribution in [2.75, 3.05) is 13.2 Å². The Balaban J connectivity index is 1.30. The van der Waals surface area contributed by atoms with Crippen LogP contribution in [0, 0.1) is 24.7 Å². The summed E-state index contributed by atoms with van der Waals surface area (Å²) >= 11 is 1.84. The van der Waals surface area contributed by atoms with Crippen LogP contribution < -0.4 is 4.74 Å². The monoisotopic (exact) mass is 411 g/mol. The van der Waals surface area contributed by atoms with Crippen molar-refractivity contribution in [3.8, 4) is 5.75 Å². The number of aliphatic hydroxyl groups excluding tert-OH is 1.